The molecule has 5 nitrogen and oxygen atoms in total. The Morgan fingerprint density at radius 3 is 2.57 bits per heavy atom. The average Bonchev–Trinajstić information content (AvgIpc) is 3.09. The molecule has 2 aliphatic rings. The van der Waals surface area contributed by atoms with Gasteiger partial charge in [-0.15, -0.1) is 0 Å². The van der Waals surface area contributed by atoms with Crippen molar-refractivity contribution in [3.8, 4) is 0 Å². The highest BCUT2D eigenvalue weighted by Gasteiger charge is 2.35. The summed E-state index contributed by atoms with van der Waals surface area (Å²) in [6.07, 6.45) is 8.15. The topological polar surface area (TPSA) is 53.5 Å². The summed E-state index contributed by atoms with van der Waals surface area (Å²) in [5, 5.41) is 0. The molecule has 5 heteroatoms. The molecule has 1 aromatic heterocycles. The van der Waals surface area contributed by atoms with E-state index in [0.29, 0.717) is 12.1 Å². The van der Waals surface area contributed by atoms with Crippen LogP contribution in [-0.4, -0.2) is 52.3 Å². The molecule has 0 saturated carbocycles. The van der Waals surface area contributed by atoms with E-state index in [4.69, 9.17) is 0 Å². The highest BCUT2D eigenvalue weighted by Crippen LogP contribution is 2.23. The van der Waals surface area contributed by atoms with Gasteiger partial charge >= 0.3 is 0 Å². The molecule has 3 heterocycles. The molecule has 2 amide bonds. The van der Waals surface area contributed by atoms with Crippen LogP contribution in [0.2, 0.25) is 0 Å². The summed E-state index contributed by atoms with van der Waals surface area (Å²) in [5.41, 5.74) is 0.568. The molecule has 2 saturated heterocycles. The number of carbonyl (C=O) groups is 2. The molecule has 0 N–H and O–H groups in total. The number of hydrogen-bond acceptors (Lipinski definition) is 3. The first kappa shape index (κ1) is 14.0. The fourth-order valence-corrected chi connectivity index (χ4v) is 3.23. The molecule has 112 valence electrons. The van der Waals surface area contributed by atoms with Crippen LogP contribution in [0.1, 0.15) is 42.5 Å². The monoisotopic (exact) mass is 287 g/mol. The molecular weight excluding hydrogens is 266 g/mol. The summed E-state index contributed by atoms with van der Waals surface area (Å²) in [5.74, 6) is 0.0600. The molecule has 1 aromatic rings. The summed E-state index contributed by atoms with van der Waals surface area (Å²) in [6, 6.07) is 3.24. The molecule has 0 aromatic carbocycles. The van der Waals surface area contributed by atoms with Crippen LogP contribution in [0.5, 0.6) is 0 Å². The van der Waals surface area contributed by atoms with Crippen LogP contribution in [0.15, 0.2) is 24.5 Å². The summed E-state index contributed by atoms with van der Waals surface area (Å²) >= 11 is 0. The number of carbonyl (C=O) groups excluding carboxylic acids is 2. The van der Waals surface area contributed by atoms with E-state index < -0.39 is 0 Å². The molecule has 2 fully saturated rings. The number of pyridine rings is 1. The van der Waals surface area contributed by atoms with E-state index in [-0.39, 0.29) is 17.9 Å². The normalized spacial score (nSPS) is 22.4. The van der Waals surface area contributed by atoms with E-state index in [0.717, 1.165) is 45.2 Å². The van der Waals surface area contributed by atoms with E-state index >= 15 is 0 Å². The van der Waals surface area contributed by atoms with Gasteiger partial charge in [-0.3, -0.25) is 14.6 Å². The van der Waals surface area contributed by atoms with E-state index in [9.17, 15) is 9.59 Å². The summed E-state index contributed by atoms with van der Waals surface area (Å²) in [4.78, 5) is 33.0. The molecule has 21 heavy (non-hydrogen) atoms. The van der Waals surface area contributed by atoms with Gasteiger partial charge in [-0.1, -0.05) is 0 Å². The third kappa shape index (κ3) is 2.91. The second kappa shape index (κ2) is 6.24. The molecule has 0 radical (unpaired) electrons. The van der Waals surface area contributed by atoms with E-state index in [2.05, 4.69) is 4.98 Å². The number of piperidine rings is 1. The molecule has 1 unspecified atom stereocenters. The van der Waals surface area contributed by atoms with Gasteiger partial charge in [0.15, 0.2) is 0 Å². The van der Waals surface area contributed by atoms with Crippen molar-refractivity contribution in [3.05, 3.63) is 30.1 Å². The van der Waals surface area contributed by atoms with Gasteiger partial charge in [-0.2, -0.15) is 0 Å². The zero-order valence-electron chi connectivity index (χ0n) is 12.2. The summed E-state index contributed by atoms with van der Waals surface area (Å²) in [7, 11) is 0. The molecule has 0 bridgehead atoms. The lowest BCUT2D eigenvalue weighted by Crippen LogP contribution is -2.52. The maximum Gasteiger partial charge on any atom is 0.256 e. The number of aromatic nitrogens is 1. The Morgan fingerprint density at radius 2 is 1.86 bits per heavy atom. The van der Waals surface area contributed by atoms with Gasteiger partial charge in [0.05, 0.1) is 5.56 Å². The van der Waals surface area contributed by atoms with Crippen molar-refractivity contribution in [1.29, 1.82) is 0 Å². The predicted octanol–water partition coefficient (Wildman–Crippen LogP) is 1.70. The van der Waals surface area contributed by atoms with Crippen molar-refractivity contribution in [3.63, 3.8) is 0 Å². The Morgan fingerprint density at radius 1 is 1.10 bits per heavy atom. The highest BCUT2D eigenvalue weighted by molar-refractivity contribution is 5.97. The maximum atomic E-state index is 12.7. The van der Waals surface area contributed by atoms with Crippen LogP contribution in [0.3, 0.4) is 0 Å². The van der Waals surface area contributed by atoms with Crippen molar-refractivity contribution in [2.45, 2.75) is 38.1 Å². The Hall–Kier alpha value is -1.91. The first-order chi connectivity index (χ1) is 10.3. The van der Waals surface area contributed by atoms with Crippen LogP contribution in [0.4, 0.5) is 0 Å². The van der Waals surface area contributed by atoms with Crippen molar-refractivity contribution >= 4 is 11.8 Å². The second-order valence-electron chi connectivity index (χ2n) is 5.78. The number of rotatable bonds is 2. The van der Waals surface area contributed by atoms with E-state index in [1.54, 1.807) is 29.4 Å². The van der Waals surface area contributed by atoms with Gasteiger partial charge in [-0.05, 0) is 44.2 Å². The van der Waals surface area contributed by atoms with E-state index in [1.807, 2.05) is 4.90 Å². The number of likely N-dealkylation sites (tertiary alicyclic amines) is 2. The number of hydrogen-bond donors (Lipinski definition) is 0. The maximum absolute atomic E-state index is 12.7. The zero-order chi connectivity index (χ0) is 14.7. The molecule has 0 spiro atoms. The Balaban J connectivity index is 1.78. The standard InChI is InChI=1S/C16H21N3O2/c20-15(13-6-5-8-17-12-13)19-11-2-1-7-14(19)16(21)18-9-3-4-10-18/h5-6,8,12,14H,1-4,7,9-11H2. The highest BCUT2D eigenvalue weighted by atomic mass is 16.2. The van der Waals surface area contributed by atoms with Gasteiger partial charge in [0.25, 0.3) is 5.91 Å². The van der Waals surface area contributed by atoms with Crippen LogP contribution in [0, 0.1) is 0 Å². The predicted molar refractivity (Wildman–Crippen MR) is 78.7 cm³/mol. The van der Waals surface area contributed by atoms with E-state index in [1.165, 1.54) is 0 Å². The lowest BCUT2D eigenvalue weighted by atomic mass is 10.00. The largest absolute Gasteiger partial charge is 0.341 e. The number of amides is 2. The Kier molecular flexibility index (Phi) is 4.18. The first-order valence-electron chi connectivity index (χ1n) is 7.77. The lowest BCUT2D eigenvalue weighted by Gasteiger charge is -2.36. The van der Waals surface area contributed by atoms with Crippen LogP contribution in [0.25, 0.3) is 0 Å². The van der Waals surface area contributed by atoms with Gasteiger partial charge in [0.2, 0.25) is 5.91 Å². The molecule has 1 atom stereocenters. The van der Waals surface area contributed by atoms with Crippen LogP contribution < -0.4 is 0 Å². The second-order valence-corrected chi connectivity index (χ2v) is 5.78. The van der Waals surface area contributed by atoms with Crippen LogP contribution >= 0.6 is 0 Å². The van der Waals surface area contributed by atoms with Gasteiger partial charge in [0.1, 0.15) is 6.04 Å². The lowest BCUT2D eigenvalue weighted by molar-refractivity contribution is -0.136. The molecule has 0 aliphatic carbocycles. The quantitative estimate of drug-likeness (QED) is 0.832. The van der Waals surface area contributed by atoms with Crippen LogP contribution in [-0.2, 0) is 4.79 Å². The molecular formula is C16H21N3O2. The van der Waals surface area contributed by atoms with Gasteiger partial charge in [0, 0.05) is 32.0 Å². The Labute approximate surface area is 124 Å². The smallest absolute Gasteiger partial charge is 0.256 e. The SMILES string of the molecule is O=C(C1CCCCN1C(=O)c1cccnc1)N1CCCC1. The van der Waals surface area contributed by atoms with Gasteiger partial charge < -0.3 is 9.80 Å². The fourth-order valence-electron chi connectivity index (χ4n) is 3.23. The third-order valence-corrected chi connectivity index (χ3v) is 4.37. The average molecular weight is 287 g/mol. The van der Waals surface area contributed by atoms with Crippen molar-refractivity contribution in [2.24, 2.45) is 0 Å². The Bertz CT molecular complexity index is 512. The minimum atomic E-state index is -0.287. The number of nitrogens with zero attached hydrogens (tertiary/aromatic N) is 3. The van der Waals surface area contributed by atoms with Gasteiger partial charge in [-0.25, -0.2) is 0 Å². The van der Waals surface area contributed by atoms with Crippen molar-refractivity contribution in [1.82, 2.24) is 14.8 Å². The first-order valence-corrected chi connectivity index (χ1v) is 7.77. The van der Waals surface area contributed by atoms with Crippen molar-refractivity contribution in [2.75, 3.05) is 19.6 Å². The summed E-state index contributed by atoms with van der Waals surface area (Å²) in [6.45, 7) is 2.34. The fraction of sp³-hybridized carbons (Fsp3) is 0.562. The van der Waals surface area contributed by atoms with Crippen molar-refractivity contribution < 1.29 is 9.59 Å². The summed E-state index contributed by atoms with van der Waals surface area (Å²) < 4.78 is 0. The third-order valence-electron chi connectivity index (χ3n) is 4.37. The zero-order valence-corrected chi connectivity index (χ0v) is 12.2. The molecule has 2 aliphatic heterocycles. The minimum Gasteiger partial charge on any atom is -0.341 e. The minimum absolute atomic E-state index is 0.0691. The molecule has 3 rings (SSSR count).